The van der Waals surface area contributed by atoms with Gasteiger partial charge in [0.1, 0.15) is 12.2 Å². The molecular formula is C27H26ClN3O5. The van der Waals surface area contributed by atoms with E-state index in [1.165, 1.54) is 0 Å². The number of imidazole rings is 1. The molecule has 1 N–H and O–H groups in total. The normalized spacial score (nSPS) is 16.6. The number of aromatic nitrogens is 3. The molecule has 0 saturated carbocycles. The summed E-state index contributed by atoms with van der Waals surface area (Å²) in [6.45, 7) is 0.599. The molecule has 2 aromatic carbocycles. The zero-order valence-electron chi connectivity index (χ0n) is 19.9. The van der Waals surface area contributed by atoms with E-state index in [1.54, 1.807) is 26.7 Å². The van der Waals surface area contributed by atoms with Crippen molar-refractivity contribution in [3.05, 3.63) is 94.8 Å². The van der Waals surface area contributed by atoms with Crippen LogP contribution in [-0.4, -0.2) is 39.4 Å². The van der Waals surface area contributed by atoms with Crippen molar-refractivity contribution >= 4 is 17.6 Å². The van der Waals surface area contributed by atoms with Crippen LogP contribution in [0.1, 0.15) is 41.1 Å². The molecule has 0 aliphatic carbocycles. The number of carbonyl (C=O) groups is 1. The number of carboxylic acid groups (broad SMARTS) is 1. The third-order valence-corrected chi connectivity index (χ3v) is 6.56. The first kappa shape index (κ1) is 24.0. The number of aryl methyl sites for hydroxylation is 1. The highest BCUT2D eigenvalue weighted by atomic mass is 35.5. The number of fused-ring (bicyclic) bond motifs is 3. The molecule has 0 fully saturated rings. The molecule has 1 aliphatic heterocycles. The van der Waals surface area contributed by atoms with Crippen molar-refractivity contribution in [2.75, 3.05) is 14.2 Å². The van der Waals surface area contributed by atoms with Crippen molar-refractivity contribution in [1.29, 1.82) is 0 Å². The van der Waals surface area contributed by atoms with Crippen molar-refractivity contribution in [2.24, 2.45) is 0 Å². The molecule has 8 nitrogen and oxygen atoms in total. The van der Waals surface area contributed by atoms with Crippen LogP contribution in [-0.2, 0) is 22.5 Å². The molecule has 0 radical (unpaired) electrons. The Morgan fingerprint density at radius 1 is 1.14 bits per heavy atom. The molecule has 3 heterocycles. The fourth-order valence-electron chi connectivity index (χ4n) is 4.75. The maximum absolute atomic E-state index is 11.0. The lowest BCUT2D eigenvalue weighted by atomic mass is 9.98. The Labute approximate surface area is 213 Å². The van der Waals surface area contributed by atoms with Gasteiger partial charge in [0, 0.05) is 35.1 Å². The number of hydrogen-bond donors (Lipinski definition) is 1. The highest BCUT2D eigenvalue weighted by Gasteiger charge is 2.32. The van der Waals surface area contributed by atoms with E-state index in [9.17, 15) is 4.79 Å². The molecule has 2 aromatic heterocycles. The Kier molecular flexibility index (Phi) is 6.71. The van der Waals surface area contributed by atoms with Crippen molar-refractivity contribution < 1.29 is 24.1 Å². The van der Waals surface area contributed by atoms with Crippen LogP contribution in [0, 0.1) is 0 Å². The van der Waals surface area contributed by atoms with E-state index < -0.39 is 12.1 Å². The molecule has 0 bridgehead atoms. The van der Waals surface area contributed by atoms with Gasteiger partial charge in [-0.2, -0.15) is 0 Å². The van der Waals surface area contributed by atoms with Crippen LogP contribution in [0.5, 0.6) is 11.5 Å². The van der Waals surface area contributed by atoms with Crippen LogP contribution in [0.4, 0.5) is 0 Å². The van der Waals surface area contributed by atoms with Gasteiger partial charge in [0.25, 0.3) is 0 Å². The third kappa shape index (κ3) is 4.57. The summed E-state index contributed by atoms with van der Waals surface area (Å²) in [4.78, 5) is 15.2. The number of carboxylic acids is 1. The van der Waals surface area contributed by atoms with Crippen LogP contribution >= 0.6 is 11.6 Å². The van der Waals surface area contributed by atoms with E-state index in [-0.39, 0.29) is 12.5 Å². The van der Waals surface area contributed by atoms with Gasteiger partial charge in [-0.1, -0.05) is 23.7 Å². The van der Waals surface area contributed by atoms with E-state index >= 15 is 0 Å². The lowest BCUT2D eigenvalue weighted by molar-refractivity contribution is -0.136. The molecule has 0 saturated heterocycles. The molecular weight excluding hydrogens is 482 g/mol. The Bertz CT molecular complexity index is 1400. The molecule has 0 spiro atoms. The first-order chi connectivity index (χ1) is 17.5. The van der Waals surface area contributed by atoms with E-state index in [0.717, 1.165) is 22.5 Å². The highest BCUT2D eigenvalue weighted by Crippen LogP contribution is 2.46. The predicted molar refractivity (Wildman–Crippen MR) is 134 cm³/mol. The Morgan fingerprint density at radius 2 is 2.00 bits per heavy atom. The number of methoxy groups -OCH3 is 2. The van der Waals surface area contributed by atoms with Gasteiger partial charge >= 0.3 is 5.97 Å². The maximum atomic E-state index is 11.0. The van der Waals surface area contributed by atoms with Gasteiger partial charge < -0.3 is 28.5 Å². The van der Waals surface area contributed by atoms with Gasteiger partial charge in [-0.15, -0.1) is 0 Å². The van der Waals surface area contributed by atoms with Crippen LogP contribution in [0.25, 0.3) is 5.69 Å². The van der Waals surface area contributed by atoms with Gasteiger partial charge in [-0.25, -0.2) is 4.98 Å². The fourth-order valence-corrected chi connectivity index (χ4v) is 4.93. The molecule has 0 amide bonds. The van der Waals surface area contributed by atoms with E-state index in [1.807, 2.05) is 53.2 Å². The average Bonchev–Trinajstić information content (AvgIpc) is 3.51. The minimum absolute atomic E-state index is 0.108. The highest BCUT2D eigenvalue weighted by molar-refractivity contribution is 6.30. The van der Waals surface area contributed by atoms with E-state index in [2.05, 4.69) is 15.6 Å². The summed E-state index contributed by atoms with van der Waals surface area (Å²) in [5, 5.41) is 9.66. The second-order valence-corrected chi connectivity index (χ2v) is 8.99. The van der Waals surface area contributed by atoms with Crippen molar-refractivity contribution in [3.8, 4) is 17.2 Å². The minimum atomic E-state index is -0.906. The number of ether oxygens (including phenoxy) is 3. The first-order valence-electron chi connectivity index (χ1n) is 11.5. The SMILES string of the molecule is COc1cccc([C@H]2O[C@H](CCn3cnc(CC(=O)O)c3)c3cccn3-c3ccc(Cl)cc32)c1OC. The standard InChI is InChI=1S/C27H26ClN3O5/c1-34-24-7-3-5-19(27(24)35-2)26-20-13-17(28)8-9-21(20)31-11-4-6-22(31)23(36-26)10-12-30-15-18(29-16-30)14-25(32)33/h3-9,11,13,15-16,23,26H,10,12,14H2,1-2H3,(H,32,33)/t23-,26-/m1/s1. The Hall–Kier alpha value is -3.75. The van der Waals surface area contributed by atoms with Crippen LogP contribution in [0.2, 0.25) is 5.02 Å². The summed E-state index contributed by atoms with van der Waals surface area (Å²) in [5.74, 6) is 0.317. The summed E-state index contributed by atoms with van der Waals surface area (Å²) in [5.41, 5.74) is 4.26. The first-order valence-corrected chi connectivity index (χ1v) is 11.9. The number of hydrogen-bond acceptors (Lipinski definition) is 5. The fraction of sp³-hybridized carbons (Fsp3) is 0.259. The molecule has 1 aliphatic rings. The van der Waals surface area contributed by atoms with Gasteiger partial charge in [0.15, 0.2) is 11.5 Å². The Balaban J connectivity index is 1.55. The lowest BCUT2D eigenvalue weighted by Crippen LogP contribution is -2.13. The van der Waals surface area contributed by atoms with Crippen molar-refractivity contribution in [2.45, 2.75) is 31.6 Å². The maximum Gasteiger partial charge on any atom is 0.309 e. The third-order valence-electron chi connectivity index (χ3n) is 6.33. The van der Waals surface area contributed by atoms with Gasteiger partial charge in [0.2, 0.25) is 0 Å². The molecule has 36 heavy (non-hydrogen) atoms. The minimum Gasteiger partial charge on any atom is -0.493 e. The van der Waals surface area contributed by atoms with Crippen LogP contribution in [0.15, 0.2) is 67.3 Å². The van der Waals surface area contributed by atoms with Gasteiger partial charge in [-0.05, 0) is 42.8 Å². The quantitative estimate of drug-likeness (QED) is 0.351. The number of benzene rings is 2. The molecule has 186 valence electrons. The summed E-state index contributed by atoms with van der Waals surface area (Å²) >= 11 is 6.46. The largest absolute Gasteiger partial charge is 0.493 e. The number of aliphatic carboxylic acids is 1. The van der Waals surface area contributed by atoms with Crippen molar-refractivity contribution in [3.63, 3.8) is 0 Å². The molecule has 0 unspecified atom stereocenters. The second-order valence-electron chi connectivity index (χ2n) is 8.56. The molecule has 4 aromatic rings. The lowest BCUT2D eigenvalue weighted by Gasteiger charge is -2.25. The average molecular weight is 508 g/mol. The Morgan fingerprint density at radius 3 is 2.78 bits per heavy atom. The number of nitrogens with zero attached hydrogens (tertiary/aromatic N) is 3. The van der Waals surface area contributed by atoms with Crippen molar-refractivity contribution in [1.82, 2.24) is 14.1 Å². The summed E-state index contributed by atoms with van der Waals surface area (Å²) in [7, 11) is 3.23. The summed E-state index contributed by atoms with van der Waals surface area (Å²) in [6, 6.07) is 15.6. The van der Waals surface area contributed by atoms with Gasteiger partial charge in [0.05, 0.1) is 44.0 Å². The topological polar surface area (TPSA) is 87.7 Å². The summed E-state index contributed by atoms with van der Waals surface area (Å²) < 4.78 is 22.2. The zero-order valence-corrected chi connectivity index (χ0v) is 20.7. The van der Waals surface area contributed by atoms with E-state index in [0.29, 0.717) is 35.2 Å². The predicted octanol–water partition coefficient (Wildman–Crippen LogP) is 5.22. The van der Waals surface area contributed by atoms with Crippen LogP contribution < -0.4 is 9.47 Å². The van der Waals surface area contributed by atoms with Gasteiger partial charge in [-0.3, -0.25) is 4.79 Å². The molecule has 2 atom stereocenters. The summed E-state index contributed by atoms with van der Waals surface area (Å²) in [6.07, 6.45) is 5.22. The number of para-hydroxylation sites is 1. The number of halogens is 1. The molecule has 9 heteroatoms. The monoisotopic (exact) mass is 507 g/mol. The second kappa shape index (κ2) is 10.1. The smallest absolute Gasteiger partial charge is 0.309 e. The number of rotatable bonds is 8. The van der Waals surface area contributed by atoms with E-state index in [4.69, 9.17) is 30.9 Å². The zero-order chi connectivity index (χ0) is 25.2. The van der Waals surface area contributed by atoms with Crippen LogP contribution in [0.3, 0.4) is 0 Å². The molecule has 5 rings (SSSR count).